The maximum atomic E-state index is 5.36. The lowest BCUT2D eigenvalue weighted by atomic mass is 10.4. The molecule has 0 amide bonds. The van der Waals surface area contributed by atoms with E-state index in [1.165, 1.54) is 25.9 Å². The Hall–Kier alpha value is -0.120. The average molecular weight is 159 g/mol. The summed E-state index contributed by atoms with van der Waals surface area (Å²) >= 11 is 0. The Morgan fingerprint density at radius 3 is 2.55 bits per heavy atom. The van der Waals surface area contributed by atoms with Gasteiger partial charge in [-0.25, -0.2) is 0 Å². The molecule has 0 radical (unpaired) electrons. The van der Waals surface area contributed by atoms with Gasteiger partial charge in [-0.15, -0.1) is 0 Å². The van der Waals surface area contributed by atoms with E-state index in [4.69, 9.17) is 9.47 Å². The Labute approximate surface area is 68.3 Å². The Morgan fingerprint density at radius 1 is 1.18 bits per heavy atom. The maximum absolute atomic E-state index is 5.36. The summed E-state index contributed by atoms with van der Waals surface area (Å²) < 4.78 is 10.2. The first kappa shape index (κ1) is 8.97. The van der Waals surface area contributed by atoms with E-state index in [9.17, 15) is 0 Å². The van der Waals surface area contributed by atoms with E-state index in [-0.39, 0.29) is 0 Å². The third-order valence-corrected chi connectivity index (χ3v) is 1.90. The maximum Gasteiger partial charge on any atom is 0.0991 e. The summed E-state index contributed by atoms with van der Waals surface area (Å²) in [7, 11) is 1.69. The summed E-state index contributed by atoms with van der Waals surface area (Å²) in [6.45, 7) is 4.60. The lowest BCUT2D eigenvalue weighted by Gasteiger charge is -2.13. The molecule has 66 valence electrons. The van der Waals surface area contributed by atoms with Crippen LogP contribution in [0, 0.1) is 0 Å². The minimum atomic E-state index is 0.702. The Balaban J connectivity index is 1.86. The van der Waals surface area contributed by atoms with Crippen molar-refractivity contribution >= 4 is 0 Å². The van der Waals surface area contributed by atoms with Crippen molar-refractivity contribution in [1.29, 1.82) is 0 Å². The molecular weight excluding hydrogens is 142 g/mol. The number of rotatable bonds is 5. The van der Waals surface area contributed by atoms with Crippen molar-refractivity contribution in [2.75, 3.05) is 40.1 Å². The highest BCUT2D eigenvalue weighted by Gasteiger charge is 2.10. The largest absolute Gasteiger partial charge is 0.382 e. The van der Waals surface area contributed by atoms with Crippen molar-refractivity contribution < 1.29 is 9.47 Å². The highest BCUT2D eigenvalue weighted by molar-refractivity contribution is 4.61. The number of methoxy groups -OCH3 is 1. The van der Waals surface area contributed by atoms with Crippen LogP contribution in [0.2, 0.25) is 0 Å². The minimum Gasteiger partial charge on any atom is -0.382 e. The average Bonchev–Trinajstić information content (AvgIpc) is 2.50. The predicted molar refractivity (Wildman–Crippen MR) is 43.5 cm³/mol. The van der Waals surface area contributed by atoms with E-state index in [1.54, 1.807) is 7.11 Å². The predicted octanol–water partition coefficient (Wildman–Crippen LogP) is 0.703. The second kappa shape index (κ2) is 5.52. The van der Waals surface area contributed by atoms with Gasteiger partial charge in [-0.2, -0.15) is 0 Å². The third kappa shape index (κ3) is 3.70. The zero-order chi connectivity index (χ0) is 7.94. The zero-order valence-electron chi connectivity index (χ0n) is 7.21. The van der Waals surface area contributed by atoms with Gasteiger partial charge in [0.1, 0.15) is 0 Å². The molecule has 0 bridgehead atoms. The number of nitrogens with zero attached hydrogens (tertiary/aromatic N) is 1. The summed E-state index contributed by atoms with van der Waals surface area (Å²) in [5, 5.41) is 0. The summed E-state index contributed by atoms with van der Waals surface area (Å²) in [5.41, 5.74) is 0. The molecule has 3 heteroatoms. The van der Waals surface area contributed by atoms with Crippen LogP contribution in [0.5, 0.6) is 0 Å². The highest BCUT2D eigenvalue weighted by atomic mass is 16.5. The van der Waals surface area contributed by atoms with Gasteiger partial charge in [0, 0.05) is 20.2 Å². The van der Waals surface area contributed by atoms with Crippen LogP contribution in [0.4, 0.5) is 0 Å². The number of hydrogen-bond acceptors (Lipinski definition) is 3. The molecule has 0 spiro atoms. The molecule has 0 aliphatic carbocycles. The van der Waals surface area contributed by atoms with Gasteiger partial charge in [0.25, 0.3) is 0 Å². The quantitative estimate of drug-likeness (QED) is 0.551. The van der Waals surface area contributed by atoms with Gasteiger partial charge in [0.2, 0.25) is 0 Å². The molecule has 0 unspecified atom stereocenters. The first-order valence-corrected chi connectivity index (χ1v) is 4.22. The number of ether oxygens (including phenoxy) is 2. The summed E-state index contributed by atoms with van der Waals surface area (Å²) in [6, 6.07) is 0. The molecule has 0 saturated carbocycles. The minimum absolute atomic E-state index is 0.702. The van der Waals surface area contributed by atoms with Gasteiger partial charge >= 0.3 is 0 Å². The van der Waals surface area contributed by atoms with Crippen molar-refractivity contribution in [2.24, 2.45) is 0 Å². The summed E-state index contributed by atoms with van der Waals surface area (Å²) in [6.07, 6.45) is 2.65. The van der Waals surface area contributed by atoms with E-state index >= 15 is 0 Å². The SMILES string of the molecule is COCCOCN1CCCC1. The molecule has 0 aromatic rings. The topological polar surface area (TPSA) is 21.7 Å². The van der Waals surface area contributed by atoms with Crippen LogP contribution in [0.3, 0.4) is 0 Å². The molecule has 3 nitrogen and oxygen atoms in total. The molecule has 1 rings (SSSR count). The fourth-order valence-corrected chi connectivity index (χ4v) is 1.25. The molecule has 1 heterocycles. The van der Waals surface area contributed by atoms with Crippen LogP contribution < -0.4 is 0 Å². The van der Waals surface area contributed by atoms with Crippen LogP contribution in [-0.4, -0.2) is 45.0 Å². The molecule has 1 fully saturated rings. The summed E-state index contributed by atoms with van der Waals surface area (Å²) in [4.78, 5) is 2.33. The van der Waals surface area contributed by atoms with Crippen LogP contribution in [-0.2, 0) is 9.47 Å². The van der Waals surface area contributed by atoms with Crippen LogP contribution >= 0.6 is 0 Å². The van der Waals surface area contributed by atoms with E-state index in [0.29, 0.717) is 13.2 Å². The highest BCUT2D eigenvalue weighted by Crippen LogP contribution is 2.05. The van der Waals surface area contributed by atoms with Crippen molar-refractivity contribution in [3.05, 3.63) is 0 Å². The van der Waals surface area contributed by atoms with E-state index < -0.39 is 0 Å². The lowest BCUT2D eigenvalue weighted by molar-refractivity contribution is 0.0126. The smallest absolute Gasteiger partial charge is 0.0991 e. The van der Waals surface area contributed by atoms with Crippen LogP contribution in [0.15, 0.2) is 0 Å². The van der Waals surface area contributed by atoms with E-state index in [2.05, 4.69) is 4.90 Å². The van der Waals surface area contributed by atoms with Gasteiger partial charge < -0.3 is 9.47 Å². The standard InChI is InChI=1S/C8H17NO2/c1-10-6-7-11-8-9-4-2-3-5-9/h2-8H2,1H3. The molecule has 11 heavy (non-hydrogen) atoms. The fraction of sp³-hybridized carbons (Fsp3) is 1.00. The van der Waals surface area contributed by atoms with Crippen LogP contribution in [0.1, 0.15) is 12.8 Å². The Kier molecular flexibility index (Phi) is 4.50. The summed E-state index contributed by atoms with van der Waals surface area (Å²) in [5.74, 6) is 0. The second-order valence-corrected chi connectivity index (χ2v) is 2.86. The first-order valence-electron chi connectivity index (χ1n) is 4.22. The first-order chi connectivity index (χ1) is 5.43. The van der Waals surface area contributed by atoms with Crippen molar-refractivity contribution in [2.45, 2.75) is 12.8 Å². The van der Waals surface area contributed by atoms with Gasteiger partial charge in [0.15, 0.2) is 0 Å². The van der Waals surface area contributed by atoms with E-state index in [1.807, 2.05) is 0 Å². The molecular formula is C8H17NO2. The second-order valence-electron chi connectivity index (χ2n) is 2.86. The van der Waals surface area contributed by atoms with Gasteiger partial charge in [-0.3, -0.25) is 4.90 Å². The van der Waals surface area contributed by atoms with Crippen molar-refractivity contribution in [3.8, 4) is 0 Å². The zero-order valence-corrected chi connectivity index (χ0v) is 7.21. The molecule has 0 atom stereocenters. The molecule has 0 N–H and O–H groups in total. The van der Waals surface area contributed by atoms with Gasteiger partial charge in [0.05, 0.1) is 19.9 Å². The van der Waals surface area contributed by atoms with E-state index in [0.717, 1.165) is 6.73 Å². The molecule has 1 aliphatic heterocycles. The Bertz CT molecular complexity index is 92.1. The fourth-order valence-electron chi connectivity index (χ4n) is 1.25. The van der Waals surface area contributed by atoms with Crippen LogP contribution in [0.25, 0.3) is 0 Å². The molecule has 0 aromatic heterocycles. The molecule has 0 aromatic carbocycles. The number of hydrogen-bond donors (Lipinski definition) is 0. The monoisotopic (exact) mass is 159 g/mol. The lowest BCUT2D eigenvalue weighted by Crippen LogP contribution is -2.23. The molecule has 1 saturated heterocycles. The third-order valence-electron chi connectivity index (χ3n) is 1.90. The van der Waals surface area contributed by atoms with Gasteiger partial charge in [-0.05, 0) is 12.8 Å². The van der Waals surface area contributed by atoms with Crippen molar-refractivity contribution in [3.63, 3.8) is 0 Å². The normalized spacial score (nSPS) is 19.4. The molecule has 1 aliphatic rings. The number of likely N-dealkylation sites (tertiary alicyclic amines) is 1. The Morgan fingerprint density at radius 2 is 1.91 bits per heavy atom. The van der Waals surface area contributed by atoms with Crippen molar-refractivity contribution in [1.82, 2.24) is 4.90 Å². The van der Waals surface area contributed by atoms with Gasteiger partial charge in [-0.1, -0.05) is 0 Å².